The van der Waals surface area contributed by atoms with Gasteiger partial charge in [-0.2, -0.15) is 0 Å². The van der Waals surface area contributed by atoms with E-state index in [1.807, 2.05) is 24.3 Å². The maximum atomic E-state index is 13.2. The lowest BCUT2D eigenvalue weighted by atomic mass is 9.83. The van der Waals surface area contributed by atoms with E-state index < -0.39 is 10.0 Å². The Labute approximate surface area is 172 Å². The zero-order chi connectivity index (χ0) is 21.2. The molecule has 0 saturated carbocycles. The Bertz CT molecular complexity index is 999. The average Bonchev–Trinajstić information content (AvgIpc) is 2.72. The van der Waals surface area contributed by atoms with E-state index in [0.29, 0.717) is 17.7 Å². The summed E-state index contributed by atoms with van der Waals surface area (Å²) in [7, 11) is -2.04. The quantitative estimate of drug-likeness (QED) is 0.775. The Morgan fingerprint density at radius 2 is 1.76 bits per heavy atom. The minimum atomic E-state index is -3.49. The van der Waals surface area contributed by atoms with E-state index in [4.69, 9.17) is 4.74 Å². The molecule has 29 heavy (non-hydrogen) atoms. The fourth-order valence-electron chi connectivity index (χ4n) is 3.78. The molecule has 2 aromatic rings. The summed E-state index contributed by atoms with van der Waals surface area (Å²) in [6.45, 7) is 4.18. The average molecular weight is 417 g/mol. The molecule has 0 aromatic heterocycles. The molecule has 3 rings (SSSR count). The molecule has 6 nitrogen and oxygen atoms in total. The van der Waals surface area contributed by atoms with Crippen LogP contribution in [0.1, 0.15) is 55.1 Å². The molecular formula is C22H28N2O4S. The molecule has 156 valence electrons. The van der Waals surface area contributed by atoms with Crippen LogP contribution in [0.5, 0.6) is 5.75 Å². The number of hydrogen-bond acceptors (Lipinski definition) is 4. The van der Waals surface area contributed by atoms with Gasteiger partial charge in [0, 0.05) is 19.0 Å². The first-order valence-electron chi connectivity index (χ1n) is 9.82. The number of carbonyl (C=O) groups is 1. The Kier molecular flexibility index (Phi) is 5.89. The van der Waals surface area contributed by atoms with Crippen molar-refractivity contribution in [3.63, 3.8) is 0 Å². The van der Waals surface area contributed by atoms with Crippen LogP contribution in [0.15, 0.2) is 48.5 Å². The smallest absolute Gasteiger partial charge is 0.253 e. The predicted molar refractivity (Wildman–Crippen MR) is 115 cm³/mol. The normalized spacial score (nSPS) is 17.7. The lowest BCUT2D eigenvalue weighted by Gasteiger charge is -2.41. The Morgan fingerprint density at radius 3 is 2.41 bits per heavy atom. The van der Waals surface area contributed by atoms with Gasteiger partial charge < -0.3 is 10.1 Å². The van der Waals surface area contributed by atoms with Gasteiger partial charge in [-0.1, -0.05) is 44.2 Å². The fraction of sp³-hybridized carbons (Fsp3) is 0.409. The van der Waals surface area contributed by atoms with Gasteiger partial charge >= 0.3 is 0 Å². The standard InChI is InChI=1S/C22H28N2O4S/c1-5-22(6-2)15-18(16-11-8-10-14-20(16)28-22)23-21(25)17-12-7-9-13-19(17)24(3)29(4,26)27/h7-14,18H,5-6,15H2,1-4H3,(H,23,25)/t18-/m0/s1. The predicted octanol–water partition coefficient (Wildman–Crippen LogP) is 3.89. The summed E-state index contributed by atoms with van der Waals surface area (Å²) in [5.74, 6) is 0.480. The molecule has 2 aromatic carbocycles. The first-order chi connectivity index (χ1) is 13.7. The van der Waals surface area contributed by atoms with Crippen molar-refractivity contribution in [2.24, 2.45) is 0 Å². The van der Waals surface area contributed by atoms with Gasteiger partial charge in [-0.3, -0.25) is 9.10 Å². The van der Waals surface area contributed by atoms with E-state index in [2.05, 4.69) is 19.2 Å². The Hall–Kier alpha value is -2.54. The van der Waals surface area contributed by atoms with E-state index in [1.165, 1.54) is 7.05 Å². The molecule has 1 aliphatic rings. The number of nitrogens with zero attached hydrogens (tertiary/aromatic N) is 1. The number of hydrogen-bond donors (Lipinski definition) is 1. The summed E-state index contributed by atoms with van der Waals surface area (Å²) < 4.78 is 31.4. The fourth-order valence-corrected chi connectivity index (χ4v) is 4.30. The monoisotopic (exact) mass is 416 g/mol. The van der Waals surface area contributed by atoms with E-state index in [-0.39, 0.29) is 17.6 Å². The second kappa shape index (κ2) is 8.06. The summed E-state index contributed by atoms with van der Waals surface area (Å²) >= 11 is 0. The van der Waals surface area contributed by atoms with Crippen LogP contribution < -0.4 is 14.4 Å². The molecule has 7 heteroatoms. The molecule has 0 saturated heterocycles. The summed E-state index contributed by atoms with van der Waals surface area (Å²) in [6.07, 6.45) is 3.44. The lowest BCUT2D eigenvalue weighted by molar-refractivity contribution is 0.0227. The minimum Gasteiger partial charge on any atom is -0.487 e. The summed E-state index contributed by atoms with van der Waals surface area (Å²) in [6, 6.07) is 14.3. The number of fused-ring (bicyclic) bond motifs is 1. The van der Waals surface area contributed by atoms with E-state index in [9.17, 15) is 13.2 Å². The topological polar surface area (TPSA) is 75.7 Å². The highest BCUT2D eigenvalue weighted by atomic mass is 32.2. The second-order valence-electron chi connectivity index (χ2n) is 7.51. The number of nitrogens with one attached hydrogen (secondary N) is 1. The van der Waals surface area contributed by atoms with E-state index in [1.54, 1.807) is 24.3 Å². The van der Waals surface area contributed by atoms with E-state index >= 15 is 0 Å². The van der Waals surface area contributed by atoms with Gasteiger partial charge in [-0.25, -0.2) is 8.42 Å². The number of amides is 1. The molecule has 0 bridgehead atoms. The number of para-hydroxylation sites is 2. The molecule has 1 N–H and O–H groups in total. The number of anilines is 1. The van der Waals surface area contributed by atoms with Crippen LogP contribution in [0, 0.1) is 0 Å². The first kappa shape index (κ1) is 21.2. The highest BCUT2D eigenvalue weighted by molar-refractivity contribution is 7.92. The van der Waals surface area contributed by atoms with Gasteiger partial charge in [0.05, 0.1) is 23.5 Å². The van der Waals surface area contributed by atoms with Crippen LogP contribution in [0.25, 0.3) is 0 Å². The molecular weight excluding hydrogens is 388 g/mol. The summed E-state index contributed by atoms with van der Waals surface area (Å²) in [5.41, 5.74) is 1.27. The van der Waals surface area contributed by atoms with Gasteiger partial charge in [-0.15, -0.1) is 0 Å². The van der Waals surface area contributed by atoms with Crippen molar-refractivity contribution in [3.05, 3.63) is 59.7 Å². The minimum absolute atomic E-state index is 0.219. The van der Waals surface area contributed by atoms with Gasteiger partial charge in [0.15, 0.2) is 0 Å². The van der Waals surface area contributed by atoms with Gasteiger partial charge in [-0.05, 0) is 31.0 Å². The molecule has 1 heterocycles. The zero-order valence-electron chi connectivity index (χ0n) is 17.3. The lowest BCUT2D eigenvalue weighted by Crippen LogP contribution is -2.44. The number of rotatable bonds is 6. The van der Waals surface area contributed by atoms with Crippen LogP contribution in [0.2, 0.25) is 0 Å². The Morgan fingerprint density at radius 1 is 1.14 bits per heavy atom. The molecule has 1 aliphatic heterocycles. The molecule has 0 aliphatic carbocycles. The third kappa shape index (κ3) is 4.24. The summed E-state index contributed by atoms with van der Waals surface area (Å²) in [5, 5.41) is 3.12. The van der Waals surface area contributed by atoms with E-state index in [0.717, 1.165) is 34.7 Å². The van der Waals surface area contributed by atoms with Crippen molar-refractivity contribution in [2.75, 3.05) is 17.6 Å². The maximum Gasteiger partial charge on any atom is 0.253 e. The molecule has 0 fully saturated rings. The molecule has 0 spiro atoms. The van der Waals surface area contributed by atoms with Crippen molar-refractivity contribution < 1.29 is 17.9 Å². The third-order valence-electron chi connectivity index (χ3n) is 5.78. The summed E-state index contributed by atoms with van der Waals surface area (Å²) in [4.78, 5) is 13.2. The zero-order valence-corrected chi connectivity index (χ0v) is 18.1. The van der Waals surface area contributed by atoms with Crippen molar-refractivity contribution in [1.29, 1.82) is 0 Å². The largest absolute Gasteiger partial charge is 0.487 e. The van der Waals surface area contributed by atoms with Gasteiger partial charge in [0.25, 0.3) is 5.91 Å². The molecule has 0 radical (unpaired) electrons. The molecule has 0 unspecified atom stereocenters. The highest BCUT2D eigenvalue weighted by Gasteiger charge is 2.39. The first-order valence-corrected chi connectivity index (χ1v) is 11.7. The van der Waals surface area contributed by atoms with Crippen LogP contribution in [0.3, 0.4) is 0 Å². The van der Waals surface area contributed by atoms with Crippen LogP contribution in [0.4, 0.5) is 5.69 Å². The third-order valence-corrected chi connectivity index (χ3v) is 6.97. The Balaban J connectivity index is 1.95. The molecule has 1 atom stereocenters. The maximum absolute atomic E-state index is 13.2. The van der Waals surface area contributed by atoms with Crippen molar-refractivity contribution in [2.45, 2.75) is 44.8 Å². The van der Waals surface area contributed by atoms with Gasteiger partial charge in [0.1, 0.15) is 11.4 Å². The highest BCUT2D eigenvalue weighted by Crippen LogP contribution is 2.42. The molecule has 1 amide bonds. The van der Waals surface area contributed by atoms with Crippen LogP contribution in [-0.2, 0) is 10.0 Å². The van der Waals surface area contributed by atoms with Crippen molar-refractivity contribution >= 4 is 21.6 Å². The van der Waals surface area contributed by atoms with Crippen LogP contribution >= 0.6 is 0 Å². The van der Waals surface area contributed by atoms with Gasteiger partial charge in [0.2, 0.25) is 10.0 Å². The SMILES string of the molecule is CCC1(CC)C[C@H](NC(=O)c2ccccc2N(C)S(C)(=O)=O)c2ccccc2O1. The second-order valence-corrected chi connectivity index (χ2v) is 9.52. The van der Waals surface area contributed by atoms with Crippen molar-refractivity contribution in [3.8, 4) is 5.75 Å². The number of carbonyl (C=O) groups excluding carboxylic acids is 1. The number of ether oxygens (including phenoxy) is 1. The van der Waals surface area contributed by atoms with Crippen LogP contribution in [-0.4, -0.2) is 33.2 Å². The van der Waals surface area contributed by atoms with Crippen molar-refractivity contribution in [1.82, 2.24) is 5.32 Å². The number of benzene rings is 2. The number of sulfonamides is 1.